The Bertz CT molecular complexity index is 2800. The summed E-state index contributed by atoms with van der Waals surface area (Å²) in [5.74, 6) is 0. The lowest BCUT2D eigenvalue weighted by molar-refractivity contribution is 0.662. The minimum absolute atomic E-state index is 0.850. The van der Waals surface area contributed by atoms with Crippen molar-refractivity contribution in [3.05, 3.63) is 133 Å². The van der Waals surface area contributed by atoms with E-state index in [-0.39, 0.29) is 0 Å². The summed E-state index contributed by atoms with van der Waals surface area (Å²) in [6.45, 7) is 2.12. The molecule has 4 heteroatoms. The van der Waals surface area contributed by atoms with Gasteiger partial charge >= 0.3 is 0 Å². The van der Waals surface area contributed by atoms with Gasteiger partial charge in [-0.2, -0.15) is 0 Å². The normalized spacial score (nSPS) is 12.1. The number of hydrogen-bond acceptors (Lipinski definition) is 4. The third-order valence-corrected chi connectivity index (χ3v) is 9.26. The number of aryl methyl sites for hydroxylation is 1. The molecule has 0 aliphatic rings. The fourth-order valence-corrected chi connectivity index (χ4v) is 7.14. The van der Waals surface area contributed by atoms with Crippen LogP contribution in [0.2, 0.25) is 0 Å². The smallest absolute Gasteiger partial charge is 0.139 e. The van der Waals surface area contributed by atoms with Crippen LogP contribution in [0.25, 0.3) is 98.8 Å². The molecule has 7 aromatic carbocycles. The molecule has 0 N–H and O–H groups in total. The Labute approximate surface area is 257 Å². The van der Waals surface area contributed by atoms with Gasteiger partial charge in [0.25, 0.3) is 0 Å². The zero-order valence-electron chi connectivity index (χ0n) is 24.3. The molecule has 0 saturated heterocycles. The average molecular weight is 577 g/mol. The zero-order chi connectivity index (χ0) is 29.6. The second kappa shape index (κ2) is 9.01. The van der Waals surface area contributed by atoms with Crippen LogP contribution in [0.1, 0.15) is 5.56 Å². The third-order valence-electron chi connectivity index (χ3n) is 9.26. The molecule has 0 spiro atoms. The Morgan fingerprint density at radius 1 is 0.467 bits per heavy atom. The van der Waals surface area contributed by atoms with Crippen LogP contribution >= 0.6 is 0 Å². The van der Waals surface area contributed by atoms with E-state index in [0.29, 0.717) is 0 Å². The predicted octanol–water partition coefficient (Wildman–Crippen LogP) is 11.4. The summed E-state index contributed by atoms with van der Waals surface area (Å²) in [6, 6.07) is 42.2. The van der Waals surface area contributed by atoms with E-state index in [1.807, 2.05) is 24.4 Å². The fourth-order valence-electron chi connectivity index (χ4n) is 7.14. The van der Waals surface area contributed by atoms with Crippen molar-refractivity contribution in [2.75, 3.05) is 0 Å². The van der Waals surface area contributed by atoms with Crippen molar-refractivity contribution in [2.24, 2.45) is 0 Å². The van der Waals surface area contributed by atoms with Crippen molar-refractivity contribution in [3.8, 4) is 22.4 Å². The summed E-state index contributed by atoms with van der Waals surface area (Å²) in [4.78, 5) is 10.2. The highest BCUT2D eigenvalue weighted by atomic mass is 16.3. The number of furan rings is 2. The summed E-state index contributed by atoms with van der Waals surface area (Å²) in [5, 5.41) is 8.98. The van der Waals surface area contributed by atoms with Gasteiger partial charge in [-0.05, 0) is 59.2 Å². The van der Waals surface area contributed by atoms with E-state index in [9.17, 15) is 0 Å². The Balaban J connectivity index is 1.13. The number of rotatable bonds is 2. The first-order valence-corrected chi connectivity index (χ1v) is 15.2. The van der Waals surface area contributed by atoms with E-state index in [4.69, 9.17) is 18.8 Å². The second-order valence-electron chi connectivity index (χ2n) is 11.8. The van der Waals surface area contributed by atoms with Crippen LogP contribution in [0, 0.1) is 6.92 Å². The third kappa shape index (κ3) is 3.48. The molecule has 0 unspecified atom stereocenters. The van der Waals surface area contributed by atoms with Crippen LogP contribution in [0.5, 0.6) is 0 Å². The molecule has 210 valence electrons. The molecular formula is C41H24N2O2. The predicted molar refractivity (Wildman–Crippen MR) is 185 cm³/mol. The first-order valence-electron chi connectivity index (χ1n) is 15.2. The highest BCUT2D eigenvalue weighted by Gasteiger charge is 2.18. The standard InChI is InChI=1S/C41H24N2O2/c1-23-38-31-15-6-7-16-35(31)44-37(38)21-33-32-20-25(17-18-36(32)45-41(23)33)24-9-8-10-26(19-24)34-22-42-39-29-13-4-2-11-27(29)28-12-3-5-14-30(28)40(39)43-34/h2-22H,1H3. The lowest BCUT2D eigenvalue weighted by atomic mass is 9.98. The molecule has 4 nitrogen and oxygen atoms in total. The lowest BCUT2D eigenvalue weighted by Crippen LogP contribution is -1.92. The molecule has 0 saturated carbocycles. The average Bonchev–Trinajstić information content (AvgIpc) is 3.67. The van der Waals surface area contributed by atoms with Gasteiger partial charge in [0.2, 0.25) is 0 Å². The minimum atomic E-state index is 0.850. The number of para-hydroxylation sites is 1. The number of benzene rings is 7. The monoisotopic (exact) mass is 576 g/mol. The molecule has 0 aliphatic heterocycles. The summed E-state index contributed by atoms with van der Waals surface area (Å²) < 4.78 is 12.7. The summed E-state index contributed by atoms with van der Waals surface area (Å²) >= 11 is 0. The van der Waals surface area contributed by atoms with E-state index < -0.39 is 0 Å². The van der Waals surface area contributed by atoms with E-state index in [1.54, 1.807) is 0 Å². The maximum Gasteiger partial charge on any atom is 0.139 e. The molecule has 3 heterocycles. The van der Waals surface area contributed by atoms with Crippen molar-refractivity contribution < 1.29 is 8.83 Å². The molecule has 0 bridgehead atoms. The molecule has 10 aromatic rings. The van der Waals surface area contributed by atoms with Gasteiger partial charge in [0.05, 0.1) is 22.9 Å². The summed E-state index contributed by atoms with van der Waals surface area (Å²) in [6.07, 6.45) is 1.90. The van der Waals surface area contributed by atoms with Crippen molar-refractivity contribution in [2.45, 2.75) is 6.92 Å². The molecule has 0 amide bonds. The lowest BCUT2D eigenvalue weighted by Gasteiger charge is -2.11. The summed E-state index contributed by atoms with van der Waals surface area (Å²) in [7, 11) is 0. The SMILES string of the molecule is Cc1c2oc3ccc(-c4cccc(-c5cnc6c7ccccc7c7ccccc7c6n5)c4)cc3c2cc2oc3ccccc3c12. The number of aromatic nitrogens is 2. The van der Waals surface area contributed by atoms with Crippen LogP contribution < -0.4 is 0 Å². The van der Waals surface area contributed by atoms with Crippen molar-refractivity contribution in [1.82, 2.24) is 9.97 Å². The van der Waals surface area contributed by atoms with Crippen LogP contribution in [0.15, 0.2) is 136 Å². The van der Waals surface area contributed by atoms with Gasteiger partial charge in [0.1, 0.15) is 22.3 Å². The minimum Gasteiger partial charge on any atom is -0.456 e. The molecule has 3 aromatic heterocycles. The molecule has 0 fully saturated rings. The van der Waals surface area contributed by atoms with Crippen LogP contribution in [0.4, 0.5) is 0 Å². The molecule has 0 aliphatic carbocycles. The highest BCUT2D eigenvalue weighted by Crippen LogP contribution is 2.41. The molecule has 0 radical (unpaired) electrons. The van der Waals surface area contributed by atoms with Gasteiger partial charge in [-0.3, -0.25) is 4.98 Å². The van der Waals surface area contributed by atoms with Crippen molar-refractivity contribution >= 4 is 76.5 Å². The molecule has 10 rings (SSSR count). The summed E-state index contributed by atoms with van der Waals surface area (Å²) in [5.41, 5.74) is 10.6. The van der Waals surface area contributed by atoms with E-state index in [2.05, 4.69) is 110 Å². The number of nitrogens with zero attached hydrogens (tertiary/aromatic N) is 2. The molecular weight excluding hydrogens is 552 g/mol. The second-order valence-corrected chi connectivity index (χ2v) is 11.8. The van der Waals surface area contributed by atoms with Gasteiger partial charge in [0.15, 0.2) is 0 Å². The van der Waals surface area contributed by atoms with Gasteiger partial charge in [-0.15, -0.1) is 0 Å². The largest absolute Gasteiger partial charge is 0.456 e. The van der Waals surface area contributed by atoms with Crippen molar-refractivity contribution in [1.29, 1.82) is 0 Å². The highest BCUT2D eigenvalue weighted by molar-refractivity contribution is 6.23. The number of hydrogen-bond donors (Lipinski definition) is 0. The maximum atomic E-state index is 6.44. The van der Waals surface area contributed by atoms with E-state index in [1.165, 1.54) is 10.8 Å². The Morgan fingerprint density at radius 3 is 1.96 bits per heavy atom. The first-order chi connectivity index (χ1) is 22.2. The Kier molecular flexibility index (Phi) is 4.89. The van der Waals surface area contributed by atoms with Crippen molar-refractivity contribution in [3.63, 3.8) is 0 Å². The van der Waals surface area contributed by atoms with Crippen LogP contribution in [-0.2, 0) is 0 Å². The number of fused-ring (bicyclic) bond motifs is 12. The first kappa shape index (κ1) is 24.4. The van der Waals surface area contributed by atoms with Crippen LogP contribution in [0.3, 0.4) is 0 Å². The quantitative estimate of drug-likeness (QED) is 0.192. The van der Waals surface area contributed by atoms with E-state index >= 15 is 0 Å². The molecule has 0 atom stereocenters. The topological polar surface area (TPSA) is 52.1 Å². The van der Waals surface area contributed by atoms with E-state index in [0.717, 1.165) is 93.6 Å². The van der Waals surface area contributed by atoms with Crippen LogP contribution in [-0.4, -0.2) is 9.97 Å². The molecule has 45 heavy (non-hydrogen) atoms. The van der Waals surface area contributed by atoms with Gasteiger partial charge in [-0.25, -0.2) is 4.98 Å². The Hall–Kier alpha value is -6.00. The van der Waals surface area contributed by atoms with Gasteiger partial charge in [0, 0.05) is 43.4 Å². The zero-order valence-corrected chi connectivity index (χ0v) is 24.3. The van der Waals surface area contributed by atoms with Gasteiger partial charge in [-0.1, -0.05) is 91.0 Å². The Morgan fingerprint density at radius 2 is 1.13 bits per heavy atom. The van der Waals surface area contributed by atoms with Gasteiger partial charge < -0.3 is 8.83 Å². The maximum absolute atomic E-state index is 6.44. The fraction of sp³-hybridized carbons (Fsp3) is 0.0244.